The summed E-state index contributed by atoms with van der Waals surface area (Å²) in [5.74, 6) is 1.29. The van der Waals surface area contributed by atoms with Crippen molar-refractivity contribution >= 4 is 23.2 Å². The Morgan fingerprint density at radius 1 is 1.28 bits per heavy atom. The molecule has 8 nitrogen and oxygen atoms in total. The summed E-state index contributed by atoms with van der Waals surface area (Å²) in [6.45, 7) is 2.37. The van der Waals surface area contributed by atoms with Crippen molar-refractivity contribution in [3.05, 3.63) is 59.1 Å². The SMILES string of the molecule is Cc1c(Cl)cccc1N1CC(c2noc(-c3cc(-c4ccco4)n[nH]3)n2)CC1=O. The fourth-order valence-corrected chi connectivity index (χ4v) is 3.66. The maximum absolute atomic E-state index is 12.6. The molecule has 1 aliphatic heterocycles. The van der Waals surface area contributed by atoms with Crippen LogP contribution in [-0.2, 0) is 4.79 Å². The van der Waals surface area contributed by atoms with E-state index in [1.807, 2.05) is 31.2 Å². The second-order valence-electron chi connectivity index (χ2n) is 6.89. The van der Waals surface area contributed by atoms with E-state index >= 15 is 0 Å². The van der Waals surface area contributed by atoms with Gasteiger partial charge in [-0.3, -0.25) is 9.89 Å². The van der Waals surface area contributed by atoms with Crippen LogP contribution < -0.4 is 4.90 Å². The third-order valence-corrected chi connectivity index (χ3v) is 5.45. The van der Waals surface area contributed by atoms with E-state index in [4.69, 9.17) is 20.5 Å². The van der Waals surface area contributed by atoms with Gasteiger partial charge in [0, 0.05) is 35.7 Å². The van der Waals surface area contributed by atoms with Crippen molar-refractivity contribution in [1.29, 1.82) is 0 Å². The minimum Gasteiger partial charge on any atom is -0.463 e. The number of aromatic nitrogens is 4. The molecule has 1 amide bonds. The fourth-order valence-electron chi connectivity index (χ4n) is 3.49. The largest absolute Gasteiger partial charge is 0.463 e. The van der Waals surface area contributed by atoms with Crippen molar-refractivity contribution in [1.82, 2.24) is 20.3 Å². The highest BCUT2D eigenvalue weighted by Gasteiger charge is 2.35. The zero-order valence-corrected chi connectivity index (χ0v) is 16.2. The first-order valence-corrected chi connectivity index (χ1v) is 9.46. The van der Waals surface area contributed by atoms with Crippen molar-refractivity contribution in [3.8, 4) is 23.0 Å². The number of halogens is 1. The number of H-pyrrole nitrogens is 1. The topological polar surface area (TPSA) is 101 Å². The molecule has 1 saturated heterocycles. The molecule has 4 heterocycles. The number of hydrogen-bond donors (Lipinski definition) is 1. The number of aromatic amines is 1. The van der Waals surface area contributed by atoms with Gasteiger partial charge in [-0.1, -0.05) is 22.8 Å². The van der Waals surface area contributed by atoms with E-state index in [0.29, 0.717) is 46.9 Å². The molecule has 1 aliphatic rings. The normalized spacial score (nSPS) is 16.7. The lowest BCUT2D eigenvalue weighted by molar-refractivity contribution is -0.117. The van der Waals surface area contributed by atoms with Gasteiger partial charge in [0.2, 0.25) is 5.91 Å². The van der Waals surface area contributed by atoms with E-state index in [0.717, 1.165) is 11.3 Å². The molecule has 0 saturated carbocycles. The van der Waals surface area contributed by atoms with Crippen LogP contribution >= 0.6 is 11.6 Å². The Morgan fingerprint density at radius 2 is 2.17 bits per heavy atom. The van der Waals surface area contributed by atoms with Crippen molar-refractivity contribution in [2.45, 2.75) is 19.3 Å². The summed E-state index contributed by atoms with van der Waals surface area (Å²) in [5.41, 5.74) is 2.91. The number of anilines is 1. The van der Waals surface area contributed by atoms with Crippen LogP contribution in [0.15, 0.2) is 51.6 Å². The van der Waals surface area contributed by atoms with Crippen LogP contribution in [0.4, 0.5) is 5.69 Å². The Hall–Kier alpha value is -3.39. The number of carbonyl (C=O) groups excluding carboxylic acids is 1. The summed E-state index contributed by atoms with van der Waals surface area (Å²) < 4.78 is 10.7. The highest BCUT2D eigenvalue weighted by atomic mass is 35.5. The summed E-state index contributed by atoms with van der Waals surface area (Å²) >= 11 is 6.21. The molecule has 1 aromatic carbocycles. The van der Waals surface area contributed by atoms with Crippen molar-refractivity contribution < 1.29 is 13.7 Å². The average molecular weight is 410 g/mol. The van der Waals surface area contributed by atoms with Crippen LogP contribution in [-0.4, -0.2) is 32.8 Å². The summed E-state index contributed by atoms with van der Waals surface area (Å²) in [4.78, 5) is 18.8. The Morgan fingerprint density at radius 3 is 3.00 bits per heavy atom. The standard InChI is InChI=1S/C20H16ClN5O3/c1-11-13(21)4-2-5-16(11)26-10-12(8-18(26)27)19-22-20(29-25-19)15-9-14(23-24-15)17-6-3-7-28-17/h2-7,9,12H,8,10H2,1H3,(H,23,24). The van der Waals surface area contributed by atoms with Crippen LogP contribution in [0.5, 0.6) is 0 Å². The van der Waals surface area contributed by atoms with E-state index in [9.17, 15) is 4.79 Å². The predicted octanol–water partition coefficient (Wildman–Crippen LogP) is 4.20. The average Bonchev–Trinajstić information content (AvgIpc) is 3.50. The second kappa shape index (κ2) is 6.89. The lowest BCUT2D eigenvalue weighted by atomic mass is 10.1. The quantitative estimate of drug-likeness (QED) is 0.542. The smallest absolute Gasteiger partial charge is 0.275 e. The fraction of sp³-hybridized carbons (Fsp3) is 0.200. The van der Waals surface area contributed by atoms with Gasteiger partial charge in [0.1, 0.15) is 11.4 Å². The Balaban J connectivity index is 1.37. The lowest BCUT2D eigenvalue weighted by Crippen LogP contribution is -2.25. The highest BCUT2D eigenvalue weighted by Crippen LogP contribution is 2.35. The molecule has 0 aliphatic carbocycles. The van der Waals surface area contributed by atoms with E-state index in [1.54, 1.807) is 23.3 Å². The number of benzene rings is 1. The molecule has 3 aromatic heterocycles. The molecular weight excluding hydrogens is 394 g/mol. The third-order valence-electron chi connectivity index (χ3n) is 5.04. The van der Waals surface area contributed by atoms with Crippen LogP contribution in [0, 0.1) is 6.92 Å². The van der Waals surface area contributed by atoms with Gasteiger partial charge in [0.05, 0.1) is 6.26 Å². The maximum Gasteiger partial charge on any atom is 0.275 e. The first-order valence-electron chi connectivity index (χ1n) is 9.09. The van der Waals surface area contributed by atoms with Gasteiger partial charge in [-0.05, 0) is 36.8 Å². The van der Waals surface area contributed by atoms with E-state index in [1.165, 1.54) is 0 Å². The van der Waals surface area contributed by atoms with Crippen LogP contribution in [0.25, 0.3) is 23.0 Å². The molecule has 5 rings (SSSR count). The van der Waals surface area contributed by atoms with Gasteiger partial charge in [0.25, 0.3) is 5.89 Å². The van der Waals surface area contributed by atoms with Crippen molar-refractivity contribution in [2.75, 3.05) is 11.4 Å². The predicted molar refractivity (Wildman–Crippen MR) is 105 cm³/mol. The minimum atomic E-state index is -0.161. The summed E-state index contributed by atoms with van der Waals surface area (Å²) in [7, 11) is 0. The number of rotatable bonds is 4. The zero-order valence-electron chi connectivity index (χ0n) is 15.4. The molecular formula is C20H16ClN5O3. The van der Waals surface area contributed by atoms with Gasteiger partial charge >= 0.3 is 0 Å². The number of hydrogen-bond acceptors (Lipinski definition) is 6. The van der Waals surface area contributed by atoms with E-state index in [2.05, 4.69) is 20.3 Å². The molecule has 9 heteroatoms. The Bertz CT molecular complexity index is 1180. The molecule has 29 heavy (non-hydrogen) atoms. The number of amides is 1. The minimum absolute atomic E-state index is 0.00774. The molecule has 146 valence electrons. The van der Waals surface area contributed by atoms with E-state index in [-0.39, 0.29) is 11.8 Å². The van der Waals surface area contributed by atoms with Gasteiger partial charge in [-0.2, -0.15) is 10.1 Å². The molecule has 1 fully saturated rings. The van der Waals surface area contributed by atoms with Crippen molar-refractivity contribution in [2.24, 2.45) is 0 Å². The van der Waals surface area contributed by atoms with E-state index < -0.39 is 0 Å². The molecule has 1 atom stereocenters. The van der Waals surface area contributed by atoms with Crippen LogP contribution in [0.3, 0.4) is 0 Å². The molecule has 0 bridgehead atoms. The first-order chi connectivity index (χ1) is 14.1. The summed E-state index contributed by atoms with van der Waals surface area (Å²) in [6.07, 6.45) is 1.89. The molecule has 0 spiro atoms. The monoisotopic (exact) mass is 409 g/mol. The van der Waals surface area contributed by atoms with Crippen LogP contribution in [0.1, 0.15) is 23.7 Å². The second-order valence-corrected chi connectivity index (χ2v) is 7.30. The number of nitrogens with one attached hydrogen (secondary N) is 1. The Labute approximate surface area is 170 Å². The van der Waals surface area contributed by atoms with Gasteiger partial charge in [-0.25, -0.2) is 0 Å². The third kappa shape index (κ3) is 3.11. The first kappa shape index (κ1) is 17.7. The van der Waals surface area contributed by atoms with Crippen molar-refractivity contribution in [3.63, 3.8) is 0 Å². The number of furan rings is 1. The number of nitrogens with zero attached hydrogens (tertiary/aromatic N) is 4. The summed E-state index contributed by atoms with van der Waals surface area (Å²) in [6, 6.07) is 10.9. The molecule has 4 aromatic rings. The molecule has 0 radical (unpaired) electrons. The van der Waals surface area contributed by atoms with Crippen LogP contribution in [0.2, 0.25) is 5.02 Å². The van der Waals surface area contributed by atoms with Gasteiger partial charge in [-0.15, -0.1) is 0 Å². The number of carbonyl (C=O) groups is 1. The Kier molecular flexibility index (Phi) is 4.21. The molecule has 1 unspecified atom stereocenters. The maximum atomic E-state index is 12.6. The molecule has 1 N–H and O–H groups in total. The van der Waals surface area contributed by atoms with Gasteiger partial charge < -0.3 is 13.8 Å². The van der Waals surface area contributed by atoms with Gasteiger partial charge in [0.15, 0.2) is 11.6 Å². The highest BCUT2D eigenvalue weighted by molar-refractivity contribution is 6.31. The summed E-state index contributed by atoms with van der Waals surface area (Å²) in [5, 5.41) is 11.8. The lowest BCUT2D eigenvalue weighted by Gasteiger charge is -2.19. The zero-order chi connectivity index (χ0) is 20.0.